The van der Waals surface area contributed by atoms with Gasteiger partial charge >= 0.3 is 5.97 Å². The van der Waals surface area contributed by atoms with Crippen LogP contribution in [0.15, 0.2) is 60.8 Å². The predicted molar refractivity (Wildman–Crippen MR) is 139 cm³/mol. The zero-order chi connectivity index (χ0) is 25.8. The molecular formula is C29H31N3O4. The lowest BCUT2D eigenvalue weighted by Gasteiger charge is -2.27. The molecule has 0 saturated carbocycles. The van der Waals surface area contributed by atoms with Crippen LogP contribution in [0.2, 0.25) is 0 Å². The highest BCUT2D eigenvalue weighted by Gasteiger charge is 2.38. The Morgan fingerprint density at radius 3 is 2.39 bits per heavy atom. The standard InChI is InChI=1S/C29H31N3O4/c1-4-5-6-19-7-14-25(30-16-19)27(33)31-23-12-10-20(11-13-23)21-8-9-22-17-32(28(34)24(22)15-21)26(18(2)3)29(35)36/h7-16,18,26H,4-6,17H2,1-3H3,(H,31,33)(H,35,36)/t26-/m0/s1. The number of carbonyl (C=O) groups excluding carboxylic acids is 2. The number of anilines is 1. The lowest BCUT2D eigenvalue weighted by Crippen LogP contribution is -2.44. The van der Waals surface area contributed by atoms with Crippen molar-refractivity contribution in [2.45, 2.75) is 52.6 Å². The summed E-state index contributed by atoms with van der Waals surface area (Å²) in [7, 11) is 0. The summed E-state index contributed by atoms with van der Waals surface area (Å²) < 4.78 is 0. The van der Waals surface area contributed by atoms with Crippen molar-refractivity contribution >= 4 is 23.5 Å². The third-order valence-electron chi connectivity index (χ3n) is 6.51. The number of carbonyl (C=O) groups is 3. The largest absolute Gasteiger partial charge is 0.480 e. The molecule has 0 bridgehead atoms. The van der Waals surface area contributed by atoms with Crippen LogP contribution in [0.3, 0.4) is 0 Å². The molecule has 7 nitrogen and oxygen atoms in total. The van der Waals surface area contributed by atoms with Gasteiger partial charge in [0.25, 0.3) is 11.8 Å². The van der Waals surface area contributed by atoms with E-state index in [1.54, 1.807) is 26.1 Å². The Balaban J connectivity index is 1.45. The van der Waals surface area contributed by atoms with Gasteiger partial charge in [-0.05, 0) is 65.3 Å². The van der Waals surface area contributed by atoms with Crippen LogP contribution in [0.5, 0.6) is 0 Å². The normalized spacial score (nSPS) is 13.6. The summed E-state index contributed by atoms with van der Waals surface area (Å²) in [5.41, 5.74) is 5.23. The van der Waals surface area contributed by atoms with Crippen molar-refractivity contribution in [3.63, 3.8) is 0 Å². The average Bonchev–Trinajstić information content (AvgIpc) is 3.18. The molecule has 0 saturated heterocycles. The van der Waals surface area contributed by atoms with Crippen molar-refractivity contribution in [3.8, 4) is 11.1 Å². The van der Waals surface area contributed by atoms with Crippen LogP contribution < -0.4 is 5.32 Å². The maximum Gasteiger partial charge on any atom is 0.326 e. The SMILES string of the molecule is CCCCc1ccc(C(=O)Nc2ccc(-c3ccc4c(c3)C(=O)N([C@H](C(=O)O)C(C)C)C4)cc2)nc1. The molecule has 7 heteroatoms. The maximum atomic E-state index is 13.0. The molecule has 1 aliphatic rings. The number of nitrogens with zero attached hydrogens (tertiary/aromatic N) is 2. The third kappa shape index (κ3) is 5.30. The third-order valence-corrected chi connectivity index (χ3v) is 6.51. The van der Waals surface area contributed by atoms with E-state index in [4.69, 9.17) is 0 Å². The molecule has 1 aliphatic heterocycles. The summed E-state index contributed by atoms with van der Waals surface area (Å²) in [5, 5.41) is 12.5. The number of unbranched alkanes of at least 4 members (excludes halogenated alkanes) is 1. The second-order valence-electron chi connectivity index (χ2n) is 9.52. The van der Waals surface area contributed by atoms with Gasteiger partial charge in [0, 0.05) is 24.0 Å². The van der Waals surface area contributed by atoms with Crippen LogP contribution in [-0.4, -0.2) is 38.8 Å². The van der Waals surface area contributed by atoms with Gasteiger partial charge in [0.2, 0.25) is 0 Å². The number of aromatic nitrogens is 1. The van der Waals surface area contributed by atoms with E-state index in [2.05, 4.69) is 17.2 Å². The summed E-state index contributed by atoms with van der Waals surface area (Å²) >= 11 is 0. The first-order valence-electron chi connectivity index (χ1n) is 12.3. The Morgan fingerprint density at radius 2 is 1.78 bits per heavy atom. The summed E-state index contributed by atoms with van der Waals surface area (Å²) in [6.07, 6.45) is 4.92. The first kappa shape index (κ1) is 25.1. The van der Waals surface area contributed by atoms with Crippen molar-refractivity contribution < 1.29 is 19.5 Å². The van der Waals surface area contributed by atoms with Gasteiger partial charge in [0.05, 0.1) is 0 Å². The van der Waals surface area contributed by atoms with Crippen LogP contribution in [0.1, 0.15) is 65.6 Å². The van der Waals surface area contributed by atoms with Crippen molar-refractivity contribution in [2.24, 2.45) is 5.92 Å². The van der Waals surface area contributed by atoms with Gasteiger partial charge in [0.15, 0.2) is 0 Å². The minimum Gasteiger partial charge on any atom is -0.480 e. The van der Waals surface area contributed by atoms with Gasteiger partial charge in [0.1, 0.15) is 11.7 Å². The minimum absolute atomic E-state index is 0.197. The van der Waals surface area contributed by atoms with Crippen LogP contribution in [-0.2, 0) is 17.8 Å². The fourth-order valence-corrected chi connectivity index (χ4v) is 4.53. The Labute approximate surface area is 211 Å². The Hall–Kier alpha value is -4.00. The second kappa shape index (κ2) is 10.7. The number of nitrogens with one attached hydrogen (secondary N) is 1. The van der Waals surface area contributed by atoms with E-state index in [0.29, 0.717) is 23.5 Å². The van der Waals surface area contributed by atoms with E-state index in [9.17, 15) is 19.5 Å². The highest BCUT2D eigenvalue weighted by atomic mass is 16.4. The second-order valence-corrected chi connectivity index (χ2v) is 9.52. The molecule has 1 atom stereocenters. The molecule has 0 fully saturated rings. The van der Waals surface area contributed by atoms with Crippen LogP contribution in [0.25, 0.3) is 11.1 Å². The van der Waals surface area contributed by atoms with Crippen molar-refractivity contribution in [1.82, 2.24) is 9.88 Å². The monoisotopic (exact) mass is 485 g/mol. The number of rotatable bonds is 9. The number of aryl methyl sites for hydroxylation is 1. The number of fused-ring (bicyclic) bond motifs is 1. The van der Waals surface area contributed by atoms with Gasteiger partial charge in [-0.2, -0.15) is 0 Å². The molecule has 0 radical (unpaired) electrons. The Kier molecular flexibility index (Phi) is 7.48. The van der Waals surface area contributed by atoms with Crippen LogP contribution in [0, 0.1) is 5.92 Å². The maximum absolute atomic E-state index is 13.0. The van der Waals surface area contributed by atoms with Gasteiger partial charge in [-0.1, -0.05) is 57.5 Å². The molecular weight excluding hydrogens is 454 g/mol. The number of hydrogen-bond donors (Lipinski definition) is 2. The Bertz CT molecular complexity index is 1270. The number of amides is 2. The van der Waals surface area contributed by atoms with E-state index < -0.39 is 12.0 Å². The molecule has 2 N–H and O–H groups in total. The van der Waals surface area contributed by atoms with E-state index in [1.165, 1.54) is 4.90 Å². The molecule has 4 rings (SSSR count). The van der Waals surface area contributed by atoms with Gasteiger partial charge in [-0.25, -0.2) is 4.79 Å². The first-order chi connectivity index (χ1) is 17.3. The minimum atomic E-state index is -0.994. The number of aliphatic carboxylic acids is 1. The number of carboxylic acids is 1. The fraction of sp³-hybridized carbons (Fsp3) is 0.310. The average molecular weight is 486 g/mol. The first-order valence-corrected chi connectivity index (χ1v) is 12.3. The van der Waals surface area contributed by atoms with E-state index in [1.807, 2.05) is 48.5 Å². The molecule has 36 heavy (non-hydrogen) atoms. The lowest BCUT2D eigenvalue weighted by atomic mass is 10.00. The van der Waals surface area contributed by atoms with Gasteiger partial charge in [-0.3, -0.25) is 14.6 Å². The van der Waals surface area contributed by atoms with Crippen molar-refractivity contribution in [3.05, 3.63) is 83.2 Å². The van der Waals surface area contributed by atoms with Crippen LogP contribution >= 0.6 is 0 Å². The molecule has 1 aromatic heterocycles. The quantitative estimate of drug-likeness (QED) is 0.422. The molecule has 0 aliphatic carbocycles. The summed E-state index contributed by atoms with van der Waals surface area (Å²) in [6, 6.07) is 15.8. The molecule has 0 spiro atoms. The molecule has 2 amide bonds. The number of benzene rings is 2. The summed E-state index contributed by atoms with van der Waals surface area (Å²) in [6.45, 7) is 6.05. The highest BCUT2D eigenvalue weighted by Crippen LogP contribution is 2.31. The van der Waals surface area contributed by atoms with Crippen molar-refractivity contribution in [1.29, 1.82) is 0 Å². The molecule has 2 heterocycles. The summed E-state index contributed by atoms with van der Waals surface area (Å²) in [4.78, 5) is 43.1. The number of carboxylic acid groups (broad SMARTS) is 1. The number of hydrogen-bond acceptors (Lipinski definition) is 4. The van der Waals surface area contributed by atoms with Gasteiger partial charge < -0.3 is 15.3 Å². The fourth-order valence-electron chi connectivity index (χ4n) is 4.53. The zero-order valence-electron chi connectivity index (χ0n) is 20.8. The molecule has 186 valence electrons. The predicted octanol–water partition coefficient (Wildman–Crippen LogP) is 5.41. The molecule has 0 unspecified atom stereocenters. The van der Waals surface area contributed by atoms with E-state index in [0.717, 1.165) is 41.5 Å². The molecule has 2 aromatic carbocycles. The number of pyridine rings is 1. The Morgan fingerprint density at radius 1 is 1.06 bits per heavy atom. The lowest BCUT2D eigenvalue weighted by molar-refractivity contribution is -0.144. The van der Waals surface area contributed by atoms with E-state index in [-0.39, 0.29) is 17.7 Å². The smallest absolute Gasteiger partial charge is 0.326 e. The van der Waals surface area contributed by atoms with E-state index >= 15 is 0 Å². The zero-order valence-corrected chi connectivity index (χ0v) is 20.8. The van der Waals surface area contributed by atoms with Gasteiger partial charge in [-0.15, -0.1) is 0 Å². The van der Waals surface area contributed by atoms with Crippen LogP contribution in [0.4, 0.5) is 5.69 Å². The van der Waals surface area contributed by atoms with Crippen molar-refractivity contribution in [2.75, 3.05) is 5.32 Å². The molecule has 3 aromatic rings. The summed E-state index contributed by atoms with van der Waals surface area (Å²) in [5.74, 6) is -1.72. The highest BCUT2D eigenvalue weighted by molar-refractivity contribution is 6.03. The topological polar surface area (TPSA) is 99.6 Å².